The zero-order valence-electron chi connectivity index (χ0n) is 10.2. The molecule has 0 heterocycles. The van der Waals surface area contributed by atoms with Crippen molar-refractivity contribution in [1.29, 1.82) is 0 Å². The molecule has 0 aliphatic heterocycles. The number of benzene rings is 2. The lowest BCUT2D eigenvalue weighted by Gasteiger charge is -2.15. The first-order valence-corrected chi connectivity index (χ1v) is 6.51. The summed E-state index contributed by atoms with van der Waals surface area (Å²) in [4.78, 5) is 0. The Kier molecular flexibility index (Phi) is 4.35. The van der Waals surface area contributed by atoms with Crippen LogP contribution >= 0.6 is 15.9 Å². The van der Waals surface area contributed by atoms with Gasteiger partial charge in [0.1, 0.15) is 5.75 Å². The Morgan fingerprint density at radius 2 is 1.60 bits per heavy atom. The van der Waals surface area contributed by atoms with Gasteiger partial charge in [0.15, 0.2) is 0 Å². The fraction of sp³-hybridized carbons (Fsp3) is 0.143. The molecule has 0 amide bonds. The molecule has 2 N–H and O–H groups in total. The molecule has 1 atom stereocenters. The number of rotatable bonds is 3. The zero-order valence-corrected chi connectivity index (χ0v) is 11.8. The normalized spacial score (nSPS) is 13.1. The topological polar surface area (TPSA) is 35.2 Å². The molecule has 0 bridgehead atoms. The van der Waals surface area contributed by atoms with Gasteiger partial charge in [-0.1, -0.05) is 40.2 Å². The highest BCUT2D eigenvalue weighted by Crippen LogP contribution is 2.28. The summed E-state index contributed by atoms with van der Waals surface area (Å²) in [6.45, 7) is 0. The Morgan fingerprint density at radius 1 is 1.00 bits per heavy atom. The molecule has 2 nitrogen and oxygen atoms in total. The van der Waals surface area contributed by atoms with Crippen LogP contribution in [0.15, 0.2) is 53.0 Å². The Morgan fingerprint density at radius 3 is 2.20 bits per heavy atom. The lowest BCUT2D eigenvalue weighted by Crippen LogP contribution is -2.18. The summed E-state index contributed by atoms with van der Waals surface area (Å²) in [6.07, 6.45) is -4.71. The van der Waals surface area contributed by atoms with Crippen LogP contribution in [-0.2, 0) is 0 Å². The summed E-state index contributed by atoms with van der Waals surface area (Å²) < 4.78 is 41.3. The molecule has 0 saturated carbocycles. The molecular formula is C14H11BrF3NO. The average Bonchev–Trinajstić information content (AvgIpc) is 2.36. The molecule has 0 spiro atoms. The molecule has 106 valence electrons. The molecule has 0 aliphatic rings. The average molecular weight is 346 g/mol. The van der Waals surface area contributed by atoms with E-state index < -0.39 is 12.4 Å². The Balaban J connectivity index is 2.26. The molecule has 1 unspecified atom stereocenters. The van der Waals surface area contributed by atoms with Gasteiger partial charge in [-0.05, 0) is 35.4 Å². The quantitative estimate of drug-likeness (QED) is 0.894. The van der Waals surface area contributed by atoms with Crippen molar-refractivity contribution >= 4 is 15.9 Å². The van der Waals surface area contributed by atoms with Gasteiger partial charge in [-0.15, -0.1) is 13.2 Å². The number of hydrogen-bond donors (Lipinski definition) is 1. The minimum Gasteiger partial charge on any atom is -0.406 e. The minimum absolute atomic E-state index is 0.277. The van der Waals surface area contributed by atoms with Gasteiger partial charge in [-0.3, -0.25) is 0 Å². The fourth-order valence-corrected chi connectivity index (χ4v) is 2.21. The summed E-state index contributed by atoms with van der Waals surface area (Å²) in [7, 11) is 0. The van der Waals surface area contributed by atoms with Gasteiger partial charge in [0, 0.05) is 4.47 Å². The van der Waals surface area contributed by atoms with Crippen molar-refractivity contribution in [1.82, 2.24) is 0 Å². The molecule has 0 aliphatic carbocycles. The van der Waals surface area contributed by atoms with E-state index in [9.17, 15) is 13.2 Å². The van der Waals surface area contributed by atoms with E-state index >= 15 is 0 Å². The van der Waals surface area contributed by atoms with E-state index in [2.05, 4.69) is 20.7 Å². The predicted molar refractivity (Wildman–Crippen MR) is 73.3 cm³/mol. The third-order valence-corrected chi connectivity index (χ3v) is 3.15. The molecule has 2 rings (SSSR count). The number of halogens is 4. The molecule has 2 aromatic rings. The standard InChI is InChI=1S/C14H11BrF3NO/c15-11-5-1-3-9(7-11)13(19)10-4-2-6-12(8-10)20-14(16,17)18/h1-8,13H,19H2. The molecule has 0 radical (unpaired) electrons. The number of hydrogen-bond acceptors (Lipinski definition) is 2. The van der Waals surface area contributed by atoms with Crippen molar-refractivity contribution < 1.29 is 17.9 Å². The van der Waals surface area contributed by atoms with E-state index in [-0.39, 0.29) is 5.75 Å². The summed E-state index contributed by atoms with van der Waals surface area (Å²) >= 11 is 3.33. The van der Waals surface area contributed by atoms with Crippen molar-refractivity contribution in [3.05, 3.63) is 64.1 Å². The van der Waals surface area contributed by atoms with E-state index in [0.29, 0.717) is 5.56 Å². The van der Waals surface area contributed by atoms with Crippen LogP contribution in [0.4, 0.5) is 13.2 Å². The Labute approximate surface area is 122 Å². The molecule has 2 aromatic carbocycles. The maximum absolute atomic E-state index is 12.2. The third kappa shape index (κ3) is 3.98. The summed E-state index contributed by atoms with van der Waals surface area (Å²) in [5.41, 5.74) is 7.40. The van der Waals surface area contributed by atoms with E-state index in [1.54, 1.807) is 6.07 Å². The van der Waals surface area contributed by atoms with Crippen LogP contribution in [-0.4, -0.2) is 6.36 Å². The minimum atomic E-state index is -4.71. The monoisotopic (exact) mass is 345 g/mol. The first-order chi connectivity index (χ1) is 9.35. The molecule has 0 saturated heterocycles. The van der Waals surface area contributed by atoms with Crippen LogP contribution in [0.3, 0.4) is 0 Å². The second-order valence-corrected chi connectivity index (χ2v) is 5.07. The third-order valence-electron chi connectivity index (χ3n) is 2.66. The Hall–Kier alpha value is -1.53. The molecular weight excluding hydrogens is 335 g/mol. The van der Waals surface area contributed by atoms with E-state index in [0.717, 1.165) is 10.0 Å². The number of nitrogens with two attached hydrogens (primary N) is 1. The maximum atomic E-state index is 12.2. The largest absolute Gasteiger partial charge is 0.573 e. The van der Waals surface area contributed by atoms with Gasteiger partial charge in [0.25, 0.3) is 0 Å². The van der Waals surface area contributed by atoms with Crippen LogP contribution in [0.5, 0.6) is 5.75 Å². The predicted octanol–water partition coefficient (Wildman–Crippen LogP) is 4.40. The lowest BCUT2D eigenvalue weighted by molar-refractivity contribution is -0.274. The first-order valence-electron chi connectivity index (χ1n) is 5.72. The van der Waals surface area contributed by atoms with Gasteiger partial charge in [-0.2, -0.15) is 0 Å². The highest BCUT2D eigenvalue weighted by molar-refractivity contribution is 9.10. The lowest BCUT2D eigenvalue weighted by atomic mass is 10.00. The van der Waals surface area contributed by atoms with Gasteiger partial charge < -0.3 is 10.5 Å². The summed E-state index contributed by atoms with van der Waals surface area (Å²) in [5, 5.41) is 0. The highest BCUT2D eigenvalue weighted by Gasteiger charge is 2.31. The molecule has 0 aromatic heterocycles. The van der Waals surface area contributed by atoms with Crippen molar-refractivity contribution in [3.8, 4) is 5.75 Å². The smallest absolute Gasteiger partial charge is 0.406 e. The second-order valence-electron chi connectivity index (χ2n) is 4.15. The van der Waals surface area contributed by atoms with Gasteiger partial charge in [0.2, 0.25) is 0 Å². The van der Waals surface area contributed by atoms with Crippen molar-refractivity contribution in [2.45, 2.75) is 12.4 Å². The van der Waals surface area contributed by atoms with Crippen molar-refractivity contribution in [3.63, 3.8) is 0 Å². The van der Waals surface area contributed by atoms with Crippen LogP contribution in [0.2, 0.25) is 0 Å². The van der Waals surface area contributed by atoms with Gasteiger partial charge in [0.05, 0.1) is 6.04 Å². The van der Waals surface area contributed by atoms with Gasteiger partial charge in [-0.25, -0.2) is 0 Å². The number of ether oxygens (including phenoxy) is 1. The highest BCUT2D eigenvalue weighted by atomic mass is 79.9. The number of alkyl halides is 3. The van der Waals surface area contributed by atoms with Crippen LogP contribution in [0, 0.1) is 0 Å². The maximum Gasteiger partial charge on any atom is 0.573 e. The summed E-state index contributed by atoms with van der Waals surface area (Å²) in [5.74, 6) is -0.277. The van der Waals surface area contributed by atoms with Gasteiger partial charge >= 0.3 is 6.36 Å². The molecule has 0 fully saturated rings. The van der Waals surface area contributed by atoms with Crippen molar-refractivity contribution in [2.75, 3.05) is 0 Å². The van der Waals surface area contributed by atoms with Crippen LogP contribution < -0.4 is 10.5 Å². The zero-order chi connectivity index (χ0) is 14.8. The second kappa shape index (κ2) is 5.85. The summed E-state index contributed by atoms with van der Waals surface area (Å²) in [6, 6.07) is 12.4. The van der Waals surface area contributed by atoms with Crippen LogP contribution in [0.1, 0.15) is 17.2 Å². The van der Waals surface area contributed by atoms with E-state index in [1.165, 1.54) is 18.2 Å². The first kappa shape index (κ1) is 14.9. The fourth-order valence-electron chi connectivity index (χ4n) is 1.80. The van der Waals surface area contributed by atoms with E-state index in [1.807, 2.05) is 24.3 Å². The Bertz CT molecular complexity index is 601. The molecule has 20 heavy (non-hydrogen) atoms. The van der Waals surface area contributed by atoms with E-state index in [4.69, 9.17) is 5.73 Å². The van der Waals surface area contributed by atoms with Crippen LogP contribution in [0.25, 0.3) is 0 Å². The SMILES string of the molecule is NC(c1cccc(Br)c1)c1cccc(OC(F)(F)F)c1. The van der Waals surface area contributed by atoms with Crippen molar-refractivity contribution in [2.24, 2.45) is 5.73 Å². The molecule has 6 heteroatoms.